The second-order valence-electron chi connectivity index (χ2n) is 8.16. The van der Waals surface area contributed by atoms with E-state index in [9.17, 15) is 0 Å². The van der Waals surface area contributed by atoms with Gasteiger partial charge in [0.25, 0.3) is 0 Å². The molecule has 1 rings (SSSR count). The Kier molecular flexibility index (Phi) is 3.52. The van der Waals surface area contributed by atoms with Crippen LogP contribution in [-0.4, -0.2) is 12.6 Å². The summed E-state index contributed by atoms with van der Waals surface area (Å²) in [7, 11) is 0. The average molecular weight is 225 g/mol. The van der Waals surface area contributed by atoms with Gasteiger partial charge in [-0.1, -0.05) is 55.4 Å². The molecule has 1 saturated heterocycles. The molecule has 16 heavy (non-hydrogen) atoms. The Hall–Kier alpha value is -0.0400. The summed E-state index contributed by atoms with van der Waals surface area (Å²) >= 11 is 0. The van der Waals surface area contributed by atoms with Gasteiger partial charge < -0.3 is 5.32 Å². The van der Waals surface area contributed by atoms with E-state index in [-0.39, 0.29) is 0 Å². The molecular formula is C15H31N. The first kappa shape index (κ1) is 14.0. The third-order valence-corrected chi connectivity index (χ3v) is 5.04. The zero-order chi connectivity index (χ0) is 12.8. The van der Waals surface area contributed by atoms with Crippen molar-refractivity contribution < 1.29 is 0 Å². The van der Waals surface area contributed by atoms with Crippen LogP contribution in [-0.2, 0) is 0 Å². The van der Waals surface area contributed by atoms with Gasteiger partial charge in [0.1, 0.15) is 0 Å². The third kappa shape index (κ3) is 2.45. The van der Waals surface area contributed by atoms with E-state index in [1.54, 1.807) is 0 Å². The molecule has 0 saturated carbocycles. The first-order valence-electron chi connectivity index (χ1n) is 6.71. The lowest BCUT2D eigenvalue weighted by Gasteiger charge is -2.48. The Bertz CT molecular complexity index is 239. The molecule has 2 unspecified atom stereocenters. The van der Waals surface area contributed by atoms with Crippen molar-refractivity contribution in [3.63, 3.8) is 0 Å². The van der Waals surface area contributed by atoms with Crippen LogP contribution in [0.15, 0.2) is 0 Å². The summed E-state index contributed by atoms with van der Waals surface area (Å²) < 4.78 is 0. The van der Waals surface area contributed by atoms with Crippen LogP contribution in [0.4, 0.5) is 0 Å². The molecule has 96 valence electrons. The quantitative estimate of drug-likeness (QED) is 0.709. The van der Waals surface area contributed by atoms with Gasteiger partial charge in [0.15, 0.2) is 0 Å². The van der Waals surface area contributed by atoms with Gasteiger partial charge in [-0.15, -0.1) is 0 Å². The molecule has 0 bridgehead atoms. The molecule has 1 heteroatoms. The van der Waals surface area contributed by atoms with E-state index in [0.717, 1.165) is 5.92 Å². The Morgan fingerprint density at radius 2 is 1.38 bits per heavy atom. The van der Waals surface area contributed by atoms with E-state index >= 15 is 0 Å². The van der Waals surface area contributed by atoms with Gasteiger partial charge in [0.2, 0.25) is 0 Å². The molecule has 2 atom stereocenters. The van der Waals surface area contributed by atoms with E-state index in [2.05, 4.69) is 60.7 Å². The van der Waals surface area contributed by atoms with Crippen molar-refractivity contribution in [3.8, 4) is 0 Å². The van der Waals surface area contributed by atoms with E-state index in [1.807, 2.05) is 0 Å². The summed E-state index contributed by atoms with van der Waals surface area (Å²) in [6.45, 7) is 20.3. The Morgan fingerprint density at radius 3 is 1.75 bits per heavy atom. The monoisotopic (exact) mass is 225 g/mol. The summed E-state index contributed by atoms with van der Waals surface area (Å²) in [4.78, 5) is 0. The highest BCUT2D eigenvalue weighted by molar-refractivity contribution is 5.02. The van der Waals surface area contributed by atoms with Crippen molar-refractivity contribution in [1.82, 2.24) is 5.32 Å². The van der Waals surface area contributed by atoms with Gasteiger partial charge in [-0.2, -0.15) is 0 Å². The molecule has 0 radical (unpaired) electrons. The predicted octanol–water partition coefficient (Wildman–Crippen LogP) is 4.08. The Balaban J connectivity index is 2.96. The zero-order valence-electron chi connectivity index (χ0n) is 12.6. The number of rotatable bonds is 1. The maximum absolute atomic E-state index is 3.76. The summed E-state index contributed by atoms with van der Waals surface area (Å²) in [5.74, 6) is 0.793. The molecule has 0 amide bonds. The largest absolute Gasteiger partial charge is 0.313 e. The minimum absolute atomic E-state index is 0.335. The van der Waals surface area contributed by atoms with Crippen molar-refractivity contribution in [2.45, 2.75) is 67.9 Å². The summed E-state index contributed by atoms with van der Waals surface area (Å²) in [5, 5.41) is 3.76. The first-order valence-corrected chi connectivity index (χ1v) is 6.71. The highest BCUT2D eigenvalue weighted by atomic mass is 15.0. The molecule has 1 aliphatic heterocycles. The first-order chi connectivity index (χ1) is 6.98. The average Bonchev–Trinajstić information content (AvgIpc) is 2.47. The summed E-state index contributed by atoms with van der Waals surface area (Å²) in [6, 6.07) is 0.646. The molecule has 1 fully saturated rings. The van der Waals surface area contributed by atoms with Crippen LogP contribution in [0.25, 0.3) is 0 Å². The standard InChI is InChI=1S/C15H31N/c1-13(2,3)11-9-10-16-12(11)15(7,8)14(4,5)6/h11-12,16H,9-10H2,1-8H3. The SMILES string of the molecule is CC(C)(C)C1CCNC1C(C)(C)C(C)(C)C. The molecular weight excluding hydrogens is 194 g/mol. The fourth-order valence-corrected chi connectivity index (χ4v) is 2.86. The van der Waals surface area contributed by atoms with E-state index < -0.39 is 0 Å². The molecule has 0 aromatic rings. The molecule has 1 heterocycles. The molecule has 1 aliphatic rings. The van der Waals surface area contributed by atoms with Gasteiger partial charge in [0, 0.05) is 6.04 Å². The maximum atomic E-state index is 3.76. The zero-order valence-corrected chi connectivity index (χ0v) is 12.6. The van der Waals surface area contributed by atoms with Gasteiger partial charge in [-0.25, -0.2) is 0 Å². The van der Waals surface area contributed by atoms with Crippen LogP contribution in [0.1, 0.15) is 61.8 Å². The number of nitrogens with one attached hydrogen (secondary N) is 1. The van der Waals surface area contributed by atoms with E-state index in [1.165, 1.54) is 13.0 Å². The Morgan fingerprint density at radius 1 is 0.875 bits per heavy atom. The molecule has 0 aliphatic carbocycles. The van der Waals surface area contributed by atoms with Gasteiger partial charge in [-0.3, -0.25) is 0 Å². The number of hydrogen-bond acceptors (Lipinski definition) is 1. The summed E-state index contributed by atoms with van der Waals surface area (Å²) in [5.41, 5.74) is 1.09. The van der Waals surface area contributed by atoms with Crippen molar-refractivity contribution in [3.05, 3.63) is 0 Å². The summed E-state index contributed by atoms with van der Waals surface area (Å²) in [6.07, 6.45) is 1.33. The van der Waals surface area contributed by atoms with Gasteiger partial charge in [0.05, 0.1) is 0 Å². The lowest BCUT2D eigenvalue weighted by atomic mass is 9.59. The normalized spacial score (nSPS) is 28.5. The minimum atomic E-state index is 0.335. The number of hydrogen-bond donors (Lipinski definition) is 1. The molecule has 0 spiro atoms. The van der Waals surface area contributed by atoms with E-state index in [0.29, 0.717) is 22.3 Å². The third-order valence-electron chi connectivity index (χ3n) is 5.04. The molecule has 1 N–H and O–H groups in total. The highest BCUT2D eigenvalue weighted by Crippen LogP contribution is 2.49. The lowest BCUT2D eigenvalue weighted by Crippen LogP contribution is -2.51. The van der Waals surface area contributed by atoms with Crippen LogP contribution >= 0.6 is 0 Å². The smallest absolute Gasteiger partial charge is 0.0157 e. The fourth-order valence-electron chi connectivity index (χ4n) is 2.86. The molecule has 0 aromatic heterocycles. The van der Waals surface area contributed by atoms with Crippen LogP contribution in [0.5, 0.6) is 0 Å². The van der Waals surface area contributed by atoms with Crippen LogP contribution in [0.3, 0.4) is 0 Å². The van der Waals surface area contributed by atoms with Gasteiger partial charge in [-0.05, 0) is 35.1 Å². The van der Waals surface area contributed by atoms with E-state index in [4.69, 9.17) is 0 Å². The topological polar surface area (TPSA) is 12.0 Å². The maximum Gasteiger partial charge on any atom is 0.0157 e. The lowest BCUT2D eigenvalue weighted by molar-refractivity contribution is 0.0366. The van der Waals surface area contributed by atoms with Gasteiger partial charge >= 0.3 is 0 Å². The molecule has 0 aromatic carbocycles. The second-order valence-corrected chi connectivity index (χ2v) is 8.16. The second kappa shape index (κ2) is 4.01. The van der Waals surface area contributed by atoms with Crippen molar-refractivity contribution in [2.24, 2.45) is 22.2 Å². The minimum Gasteiger partial charge on any atom is -0.313 e. The Labute approximate surface area is 102 Å². The highest BCUT2D eigenvalue weighted by Gasteiger charge is 2.48. The van der Waals surface area contributed by atoms with Crippen LogP contribution in [0.2, 0.25) is 0 Å². The molecule has 1 nitrogen and oxygen atoms in total. The fraction of sp³-hybridized carbons (Fsp3) is 1.00. The van der Waals surface area contributed by atoms with Crippen LogP contribution in [0, 0.1) is 22.2 Å². The van der Waals surface area contributed by atoms with Crippen molar-refractivity contribution in [2.75, 3.05) is 6.54 Å². The van der Waals surface area contributed by atoms with Crippen LogP contribution < -0.4 is 5.32 Å². The van der Waals surface area contributed by atoms with Crippen molar-refractivity contribution in [1.29, 1.82) is 0 Å². The van der Waals surface area contributed by atoms with Crippen molar-refractivity contribution >= 4 is 0 Å². The predicted molar refractivity (Wildman–Crippen MR) is 72.6 cm³/mol.